The number of β-amino-alcohol motifs (C(OH)–C–C–N with tert-alkyl or cyclic N) is 1. The molecule has 0 aromatic carbocycles. The molecule has 1 aromatic heterocycles. The van der Waals surface area contributed by atoms with Crippen molar-refractivity contribution in [2.45, 2.75) is 52.1 Å². The van der Waals surface area contributed by atoms with Gasteiger partial charge in [0, 0.05) is 5.92 Å². The Balaban J connectivity index is 2.12. The molecule has 0 bridgehead atoms. The molecule has 106 valence electrons. The Morgan fingerprint density at radius 2 is 2.16 bits per heavy atom. The lowest BCUT2D eigenvalue weighted by Crippen LogP contribution is -2.63. The summed E-state index contributed by atoms with van der Waals surface area (Å²) in [6, 6.07) is 0. The number of carbonyl (C=O) groups is 1. The zero-order valence-corrected chi connectivity index (χ0v) is 12.1. The molecule has 1 amide bonds. The van der Waals surface area contributed by atoms with Gasteiger partial charge in [0.1, 0.15) is 5.56 Å². The Morgan fingerprint density at radius 3 is 2.68 bits per heavy atom. The lowest BCUT2D eigenvalue weighted by Gasteiger charge is -2.46. The number of aromatic nitrogens is 1. The van der Waals surface area contributed by atoms with Crippen molar-refractivity contribution >= 4 is 5.91 Å². The molecule has 0 aliphatic carbocycles. The first-order valence-electron chi connectivity index (χ1n) is 6.86. The van der Waals surface area contributed by atoms with Gasteiger partial charge in [-0.3, -0.25) is 4.79 Å². The molecule has 1 fully saturated rings. The summed E-state index contributed by atoms with van der Waals surface area (Å²) in [4.78, 5) is 14.1. The molecule has 5 heteroatoms. The normalized spacial score (nSPS) is 17.7. The minimum absolute atomic E-state index is 0.0803. The summed E-state index contributed by atoms with van der Waals surface area (Å²) in [7, 11) is 0. The fraction of sp³-hybridized carbons (Fsp3) is 0.714. The number of hydrogen-bond acceptors (Lipinski definition) is 4. The van der Waals surface area contributed by atoms with Crippen LogP contribution in [0.4, 0.5) is 0 Å². The highest BCUT2D eigenvalue weighted by Gasteiger charge is 2.44. The molecule has 1 aliphatic rings. The third-order valence-corrected chi connectivity index (χ3v) is 3.60. The maximum atomic E-state index is 12.4. The molecule has 1 saturated heterocycles. The number of rotatable bonds is 4. The van der Waals surface area contributed by atoms with E-state index < -0.39 is 5.60 Å². The molecule has 0 unspecified atom stereocenters. The second-order valence-corrected chi connectivity index (χ2v) is 5.80. The fourth-order valence-corrected chi connectivity index (χ4v) is 2.63. The highest BCUT2D eigenvalue weighted by Crippen LogP contribution is 2.30. The second kappa shape index (κ2) is 4.96. The number of aliphatic hydroxyl groups is 1. The van der Waals surface area contributed by atoms with Crippen LogP contribution in [-0.4, -0.2) is 39.8 Å². The van der Waals surface area contributed by atoms with Crippen molar-refractivity contribution in [2.24, 2.45) is 0 Å². The summed E-state index contributed by atoms with van der Waals surface area (Å²) in [6.45, 7) is 8.56. The van der Waals surface area contributed by atoms with E-state index in [1.54, 1.807) is 11.8 Å². The van der Waals surface area contributed by atoms with Crippen LogP contribution >= 0.6 is 0 Å². The van der Waals surface area contributed by atoms with E-state index in [4.69, 9.17) is 4.52 Å². The van der Waals surface area contributed by atoms with Crippen molar-refractivity contribution in [1.82, 2.24) is 10.1 Å². The summed E-state index contributed by atoms with van der Waals surface area (Å²) in [5, 5.41) is 14.0. The van der Waals surface area contributed by atoms with Crippen molar-refractivity contribution < 1.29 is 14.4 Å². The summed E-state index contributed by atoms with van der Waals surface area (Å²) in [5.74, 6) is 0.674. The molecule has 1 aliphatic heterocycles. The van der Waals surface area contributed by atoms with Crippen LogP contribution in [-0.2, 0) is 0 Å². The van der Waals surface area contributed by atoms with Crippen molar-refractivity contribution in [2.75, 3.05) is 13.1 Å². The smallest absolute Gasteiger partial charge is 0.259 e. The van der Waals surface area contributed by atoms with Gasteiger partial charge < -0.3 is 14.5 Å². The van der Waals surface area contributed by atoms with Gasteiger partial charge in [-0.25, -0.2) is 0 Å². The van der Waals surface area contributed by atoms with E-state index in [1.807, 2.05) is 20.8 Å². The maximum absolute atomic E-state index is 12.4. The van der Waals surface area contributed by atoms with Gasteiger partial charge in [-0.15, -0.1) is 0 Å². The van der Waals surface area contributed by atoms with E-state index in [9.17, 15) is 9.90 Å². The summed E-state index contributed by atoms with van der Waals surface area (Å²) in [6.07, 6.45) is 1.65. The molecular formula is C14H22N2O3. The Labute approximate surface area is 113 Å². The van der Waals surface area contributed by atoms with Crippen LogP contribution in [0, 0.1) is 6.92 Å². The maximum Gasteiger partial charge on any atom is 0.259 e. The van der Waals surface area contributed by atoms with Gasteiger partial charge in [-0.1, -0.05) is 32.3 Å². The molecular weight excluding hydrogens is 244 g/mol. The Morgan fingerprint density at radius 1 is 1.53 bits per heavy atom. The third-order valence-electron chi connectivity index (χ3n) is 3.60. The van der Waals surface area contributed by atoms with E-state index in [2.05, 4.69) is 5.16 Å². The third kappa shape index (κ3) is 2.52. The van der Waals surface area contributed by atoms with Crippen LogP contribution in [0.3, 0.4) is 0 Å². The minimum atomic E-state index is -0.701. The van der Waals surface area contributed by atoms with Crippen molar-refractivity contribution in [3.8, 4) is 0 Å². The summed E-state index contributed by atoms with van der Waals surface area (Å²) in [5.41, 5.74) is 0.487. The van der Waals surface area contributed by atoms with E-state index in [0.717, 1.165) is 12.8 Å². The lowest BCUT2D eigenvalue weighted by atomic mass is 9.88. The molecule has 1 aromatic rings. The van der Waals surface area contributed by atoms with E-state index >= 15 is 0 Å². The van der Waals surface area contributed by atoms with Crippen molar-refractivity contribution in [1.29, 1.82) is 0 Å². The van der Waals surface area contributed by atoms with Gasteiger partial charge in [-0.2, -0.15) is 0 Å². The molecule has 0 saturated carbocycles. The van der Waals surface area contributed by atoms with E-state index in [1.165, 1.54) is 0 Å². The molecule has 0 atom stereocenters. The average Bonchev–Trinajstić information content (AvgIpc) is 2.67. The SMILES string of the molecule is CCCC1(O)CN(C(=O)c2c(C)noc2C(C)C)C1. The van der Waals surface area contributed by atoms with E-state index in [-0.39, 0.29) is 11.8 Å². The molecule has 2 rings (SSSR count). The first-order chi connectivity index (χ1) is 8.88. The number of carbonyl (C=O) groups excluding carboxylic acids is 1. The number of aryl methyl sites for hydroxylation is 1. The number of likely N-dealkylation sites (tertiary alicyclic amines) is 1. The minimum Gasteiger partial charge on any atom is -0.386 e. The Bertz CT molecular complexity index is 473. The second-order valence-electron chi connectivity index (χ2n) is 5.80. The van der Waals surface area contributed by atoms with Gasteiger partial charge in [-0.05, 0) is 13.3 Å². The number of amides is 1. The van der Waals surface area contributed by atoms with Gasteiger partial charge >= 0.3 is 0 Å². The molecule has 5 nitrogen and oxygen atoms in total. The Hall–Kier alpha value is -1.36. The number of nitrogens with zero attached hydrogens (tertiary/aromatic N) is 2. The van der Waals surface area contributed by atoms with Gasteiger partial charge in [0.2, 0.25) is 0 Å². The van der Waals surface area contributed by atoms with Crippen LogP contribution in [0.5, 0.6) is 0 Å². The zero-order chi connectivity index (χ0) is 14.2. The molecule has 19 heavy (non-hydrogen) atoms. The topological polar surface area (TPSA) is 66.6 Å². The monoisotopic (exact) mass is 266 g/mol. The largest absolute Gasteiger partial charge is 0.386 e. The van der Waals surface area contributed by atoms with Crippen LogP contribution in [0.1, 0.15) is 61.3 Å². The van der Waals surface area contributed by atoms with Gasteiger partial charge in [0.15, 0.2) is 5.76 Å². The fourth-order valence-electron chi connectivity index (χ4n) is 2.63. The van der Waals surface area contributed by atoms with Crippen LogP contribution < -0.4 is 0 Å². The molecule has 1 N–H and O–H groups in total. The van der Waals surface area contributed by atoms with Gasteiger partial charge in [0.25, 0.3) is 5.91 Å². The van der Waals surface area contributed by atoms with Gasteiger partial charge in [0.05, 0.1) is 24.4 Å². The number of hydrogen-bond donors (Lipinski definition) is 1. The lowest BCUT2D eigenvalue weighted by molar-refractivity contribution is -0.0861. The molecule has 0 spiro atoms. The summed E-state index contributed by atoms with van der Waals surface area (Å²) < 4.78 is 5.24. The highest BCUT2D eigenvalue weighted by atomic mass is 16.5. The first kappa shape index (κ1) is 14.1. The predicted molar refractivity (Wildman–Crippen MR) is 71.1 cm³/mol. The van der Waals surface area contributed by atoms with E-state index in [0.29, 0.717) is 30.1 Å². The van der Waals surface area contributed by atoms with Crippen LogP contribution in [0.2, 0.25) is 0 Å². The van der Waals surface area contributed by atoms with Crippen molar-refractivity contribution in [3.05, 3.63) is 17.0 Å². The van der Waals surface area contributed by atoms with Crippen LogP contribution in [0.25, 0.3) is 0 Å². The predicted octanol–water partition coefficient (Wildman–Crippen LogP) is 2.09. The van der Waals surface area contributed by atoms with Crippen LogP contribution in [0.15, 0.2) is 4.52 Å². The highest BCUT2D eigenvalue weighted by molar-refractivity contribution is 5.97. The molecule has 2 heterocycles. The van der Waals surface area contributed by atoms with Crippen molar-refractivity contribution in [3.63, 3.8) is 0 Å². The quantitative estimate of drug-likeness (QED) is 0.906. The Kier molecular flexibility index (Phi) is 3.67. The average molecular weight is 266 g/mol. The summed E-state index contributed by atoms with van der Waals surface area (Å²) >= 11 is 0. The molecule has 0 radical (unpaired) electrons. The zero-order valence-electron chi connectivity index (χ0n) is 12.1. The first-order valence-corrected chi connectivity index (χ1v) is 6.86. The standard InChI is InChI=1S/C14H22N2O3/c1-5-6-14(18)7-16(8-14)13(17)11-10(4)15-19-12(11)9(2)3/h9,18H,5-8H2,1-4H3.